The second-order valence-corrected chi connectivity index (χ2v) is 5.20. The highest BCUT2D eigenvalue weighted by molar-refractivity contribution is 5.25. The Morgan fingerprint density at radius 1 is 1.22 bits per heavy atom. The van der Waals surface area contributed by atoms with Crippen molar-refractivity contribution in [1.29, 1.82) is 0 Å². The molecule has 1 aliphatic rings. The molecule has 0 heterocycles. The van der Waals surface area contributed by atoms with Crippen molar-refractivity contribution in [3.63, 3.8) is 0 Å². The van der Waals surface area contributed by atoms with Crippen LogP contribution in [0, 0.1) is 12.8 Å². The van der Waals surface area contributed by atoms with E-state index in [0.29, 0.717) is 12.1 Å². The zero-order chi connectivity index (χ0) is 13.0. The Kier molecular flexibility index (Phi) is 4.79. The van der Waals surface area contributed by atoms with E-state index in [4.69, 9.17) is 4.74 Å². The lowest BCUT2D eigenvalue weighted by atomic mass is 9.97. The van der Waals surface area contributed by atoms with Crippen molar-refractivity contribution in [2.45, 2.75) is 45.8 Å². The summed E-state index contributed by atoms with van der Waals surface area (Å²) in [5.41, 5.74) is 2.67. The molecule has 1 saturated carbocycles. The molecule has 0 aromatic heterocycles. The highest BCUT2D eigenvalue weighted by Crippen LogP contribution is 2.40. The topological polar surface area (TPSA) is 21.3 Å². The van der Waals surface area contributed by atoms with Gasteiger partial charge < -0.3 is 10.1 Å². The van der Waals surface area contributed by atoms with Gasteiger partial charge in [-0.15, -0.1) is 0 Å². The molecule has 0 amide bonds. The number of likely N-dealkylation sites (N-methyl/N-ethyl adjacent to an activating group) is 1. The Balaban J connectivity index is 2.16. The lowest BCUT2D eigenvalue weighted by molar-refractivity contribution is 0.0189. The van der Waals surface area contributed by atoms with Gasteiger partial charge in [0.05, 0.1) is 12.1 Å². The predicted octanol–water partition coefficient (Wildman–Crippen LogP) is 3.46. The molecular formula is C16H25NO. The number of aryl methyl sites for hydroxylation is 1. The fourth-order valence-electron chi connectivity index (χ4n) is 2.54. The second kappa shape index (κ2) is 6.35. The third kappa shape index (κ3) is 3.33. The molecule has 0 radical (unpaired) electrons. The molecule has 0 bridgehead atoms. The first kappa shape index (κ1) is 13.6. The summed E-state index contributed by atoms with van der Waals surface area (Å²) in [6, 6.07) is 9.18. The van der Waals surface area contributed by atoms with Crippen LogP contribution in [-0.4, -0.2) is 19.3 Å². The largest absolute Gasteiger partial charge is 0.376 e. The second-order valence-electron chi connectivity index (χ2n) is 5.20. The summed E-state index contributed by atoms with van der Waals surface area (Å²) < 4.78 is 6.00. The van der Waals surface area contributed by atoms with Crippen LogP contribution in [0.25, 0.3) is 0 Å². The molecule has 18 heavy (non-hydrogen) atoms. The van der Waals surface area contributed by atoms with Crippen LogP contribution in [0.2, 0.25) is 0 Å². The highest BCUT2D eigenvalue weighted by Gasteiger charge is 2.37. The van der Waals surface area contributed by atoms with Crippen LogP contribution in [0.3, 0.4) is 0 Å². The van der Waals surface area contributed by atoms with Gasteiger partial charge in [-0.05, 0) is 44.7 Å². The maximum Gasteiger partial charge on any atom is 0.0797 e. The van der Waals surface area contributed by atoms with E-state index in [1.807, 2.05) is 0 Å². The van der Waals surface area contributed by atoms with E-state index in [-0.39, 0.29) is 0 Å². The Labute approximate surface area is 111 Å². The van der Waals surface area contributed by atoms with E-state index in [9.17, 15) is 0 Å². The minimum Gasteiger partial charge on any atom is -0.376 e. The van der Waals surface area contributed by atoms with Crippen LogP contribution in [0.4, 0.5) is 0 Å². The van der Waals surface area contributed by atoms with Crippen LogP contribution in [0.5, 0.6) is 0 Å². The monoisotopic (exact) mass is 247 g/mol. The predicted molar refractivity (Wildman–Crippen MR) is 75.7 cm³/mol. The fraction of sp³-hybridized carbons (Fsp3) is 0.625. The summed E-state index contributed by atoms with van der Waals surface area (Å²) >= 11 is 0. The number of hydrogen-bond donors (Lipinski definition) is 1. The molecule has 1 aromatic carbocycles. The summed E-state index contributed by atoms with van der Waals surface area (Å²) in [6.45, 7) is 8.17. The van der Waals surface area contributed by atoms with Crippen molar-refractivity contribution in [3.8, 4) is 0 Å². The normalized spacial score (nSPS) is 18.6. The zero-order valence-corrected chi connectivity index (χ0v) is 11.8. The Morgan fingerprint density at radius 3 is 2.39 bits per heavy atom. The smallest absolute Gasteiger partial charge is 0.0797 e. The molecule has 0 saturated heterocycles. The first-order chi connectivity index (χ1) is 8.76. The van der Waals surface area contributed by atoms with Crippen LogP contribution in [-0.2, 0) is 4.74 Å². The van der Waals surface area contributed by atoms with Gasteiger partial charge in [0.25, 0.3) is 0 Å². The Bertz CT molecular complexity index is 356. The molecule has 0 spiro atoms. The van der Waals surface area contributed by atoms with Gasteiger partial charge in [-0.3, -0.25) is 0 Å². The summed E-state index contributed by atoms with van der Waals surface area (Å²) in [5.74, 6) is 0.746. The number of ether oxygens (including phenoxy) is 1. The fourth-order valence-corrected chi connectivity index (χ4v) is 2.54. The van der Waals surface area contributed by atoms with Gasteiger partial charge in [-0.25, -0.2) is 0 Å². The van der Waals surface area contributed by atoms with Crippen molar-refractivity contribution in [1.82, 2.24) is 5.32 Å². The number of hydrogen-bond acceptors (Lipinski definition) is 2. The third-order valence-electron chi connectivity index (χ3n) is 3.63. The number of nitrogens with one attached hydrogen (secondary N) is 1. The lowest BCUT2D eigenvalue weighted by Gasteiger charge is -2.28. The van der Waals surface area contributed by atoms with Crippen LogP contribution >= 0.6 is 0 Å². The van der Waals surface area contributed by atoms with Crippen molar-refractivity contribution in [2.75, 3.05) is 13.2 Å². The number of benzene rings is 1. The first-order valence-electron chi connectivity index (χ1n) is 7.17. The Hall–Kier alpha value is -0.860. The van der Waals surface area contributed by atoms with E-state index < -0.39 is 0 Å². The van der Waals surface area contributed by atoms with E-state index in [1.165, 1.54) is 24.0 Å². The van der Waals surface area contributed by atoms with E-state index in [2.05, 4.69) is 50.4 Å². The molecule has 0 aliphatic heterocycles. The van der Waals surface area contributed by atoms with Gasteiger partial charge in [0, 0.05) is 6.61 Å². The molecule has 1 aromatic rings. The molecule has 2 heteroatoms. The van der Waals surface area contributed by atoms with Crippen LogP contribution in [0.1, 0.15) is 43.9 Å². The maximum absolute atomic E-state index is 6.00. The number of rotatable bonds is 7. The highest BCUT2D eigenvalue weighted by atomic mass is 16.5. The summed E-state index contributed by atoms with van der Waals surface area (Å²) in [5, 5.41) is 3.60. The van der Waals surface area contributed by atoms with Crippen molar-refractivity contribution in [3.05, 3.63) is 35.4 Å². The van der Waals surface area contributed by atoms with Gasteiger partial charge in [0.2, 0.25) is 0 Å². The lowest BCUT2D eigenvalue weighted by Crippen LogP contribution is -2.35. The van der Waals surface area contributed by atoms with Crippen LogP contribution < -0.4 is 5.32 Å². The standard InChI is InChI=1S/C16H25NO/c1-4-17-15(13-8-6-12(3)7-9-13)16(18-5-2)14-10-11-14/h6-9,14-17H,4-5,10-11H2,1-3H3. The average Bonchev–Trinajstić information content (AvgIpc) is 3.19. The molecule has 100 valence electrons. The van der Waals surface area contributed by atoms with Crippen molar-refractivity contribution >= 4 is 0 Å². The third-order valence-corrected chi connectivity index (χ3v) is 3.63. The van der Waals surface area contributed by atoms with E-state index in [0.717, 1.165) is 19.1 Å². The van der Waals surface area contributed by atoms with Gasteiger partial charge >= 0.3 is 0 Å². The molecule has 1 N–H and O–H groups in total. The van der Waals surface area contributed by atoms with Gasteiger partial charge in [-0.2, -0.15) is 0 Å². The van der Waals surface area contributed by atoms with Gasteiger partial charge in [-0.1, -0.05) is 36.8 Å². The molecule has 2 rings (SSSR count). The molecule has 2 atom stereocenters. The van der Waals surface area contributed by atoms with E-state index in [1.54, 1.807) is 0 Å². The quantitative estimate of drug-likeness (QED) is 0.796. The van der Waals surface area contributed by atoms with Crippen molar-refractivity contribution in [2.24, 2.45) is 5.92 Å². The van der Waals surface area contributed by atoms with Crippen LogP contribution in [0.15, 0.2) is 24.3 Å². The minimum absolute atomic E-state index is 0.331. The van der Waals surface area contributed by atoms with Gasteiger partial charge in [0.15, 0.2) is 0 Å². The summed E-state index contributed by atoms with van der Waals surface area (Å²) in [6.07, 6.45) is 2.97. The molecular weight excluding hydrogens is 222 g/mol. The SMILES string of the molecule is CCNC(c1ccc(C)cc1)C(OCC)C1CC1. The molecule has 2 nitrogen and oxygen atoms in total. The zero-order valence-electron chi connectivity index (χ0n) is 11.8. The average molecular weight is 247 g/mol. The Morgan fingerprint density at radius 2 is 1.89 bits per heavy atom. The van der Waals surface area contributed by atoms with Crippen molar-refractivity contribution < 1.29 is 4.74 Å². The summed E-state index contributed by atoms with van der Waals surface area (Å²) in [7, 11) is 0. The summed E-state index contributed by atoms with van der Waals surface area (Å²) in [4.78, 5) is 0. The van der Waals surface area contributed by atoms with E-state index >= 15 is 0 Å². The maximum atomic E-state index is 6.00. The van der Waals surface area contributed by atoms with Gasteiger partial charge in [0.1, 0.15) is 0 Å². The first-order valence-corrected chi connectivity index (χ1v) is 7.17. The molecule has 1 fully saturated rings. The molecule has 2 unspecified atom stereocenters. The molecule has 1 aliphatic carbocycles. The minimum atomic E-state index is 0.331.